The van der Waals surface area contributed by atoms with Crippen LogP contribution in [0.1, 0.15) is 22.5 Å². The summed E-state index contributed by atoms with van der Waals surface area (Å²) in [5, 5.41) is 10.6. The fourth-order valence-corrected chi connectivity index (χ4v) is 3.20. The van der Waals surface area contributed by atoms with Crippen LogP contribution in [0.2, 0.25) is 10.0 Å². The molecule has 0 unspecified atom stereocenters. The Labute approximate surface area is 171 Å². The Morgan fingerprint density at radius 1 is 1.11 bits per heavy atom. The molecule has 1 amide bonds. The Hall–Kier alpha value is -2.57. The zero-order valence-electron chi connectivity index (χ0n) is 15.1. The number of anilines is 1. The van der Waals surface area contributed by atoms with Gasteiger partial charge in [-0.15, -0.1) is 0 Å². The molecule has 0 bridgehead atoms. The molecule has 3 aromatic rings. The van der Waals surface area contributed by atoms with Crippen molar-refractivity contribution in [3.05, 3.63) is 69.7 Å². The van der Waals surface area contributed by atoms with Crippen molar-refractivity contribution < 1.29 is 13.7 Å². The van der Waals surface area contributed by atoms with Crippen molar-refractivity contribution in [2.45, 2.75) is 13.3 Å². The van der Waals surface area contributed by atoms with Crippen molar-refractivity contribution in [2.24, 2.45) is 0 Å². The molecule has 0 saturated carbocycles. The van der Waals surface area contributed by atoms with Crippen LogP contribution in [0, 0.1) is 12.7 Å². The quantitative estimate of drug-likeness (QED) is 0.506. The van der Waals surface area contributed by atoms with Gasteiger partial charge in [0, 0.05) is 13.1 Å². The second-order valence-electron chi connectivity index (χ2n) is 6.08. The van der Waals surface area contributed by atoms with E-state index in [2.05, 4.69) is 15.8 Å². The first kappa shape index (κ1) is 20.2. The first-order chi connectivity index (χ1) is 13.5. The van der Waals surface area contributed by atoms with Crippen molar-refractivity contribution in [3.63, 3.8) is 0 Å². The van der Waals surface area contributed by atoms with Gasteiger partial charge >= 0.3 is 0 Å². The molecule has 0 aliphatic heterocycles. The maximum atomic E-state index is 14.2. The molecule has 2 N–H and O–H groups in total. The lowest BCUT2D eigenvalue weighted by molar-refractivity contribution is 0.0952. The van der Waals surface area contributed by atoms with E-state index < -0.39 is 11.7 Å². The largest absolute Gasteiger partial charge is 0.384 e. The van der Waals surface area contributed by atoms with Crippen LogP contribution in [0.5, 0.6) is 0 Å². The summed E-state index contributed by atoms with van der Waals surface area (Å²) < 4.78 is 19.3. The van der Waals surface area contributed by atoms with Crippen molar-refractivity contribution >= 4 is 34.8 Å². The highest BCUT2D eigenvalue weighted by Crippen LogP contribution is 2.33. The number of aromatic nitrogens is 1. The Kier molecular flexibility index (Phi) is 6.54. The monoisotopic (exact) mass is 421 g/mol. The van der Waals surface area contributed by atoms with E-state index in [0.717, 1.165) is 5.69 Å². The summed E-state index contributed by atoms with van der Waals surface area (Å²) in [4.78, 5) is 12.6. The SMILES string of the molecule is Cc1onc(-c2c(F)cccc2Cl)c1C(=O)NCCCNc1ccccc1Cl. The molecular weight excluding hydrogens is 404 g/mol. The van der Waals surface area contributed by atoms with Gasteiger partial charge in [0.15, 0.2) is 0 Å². The number of amides is 1. The molecule has 0 atom stereocenters. The molecule has 0 fully saturated rings. The lowest BCUT2D eigenvalue weighted by Crippen LogP contribution is -2.26. The van der Waals surface area contributed by atoms with Gasteiger partial charge in [0.25, 0.3) is 5.91 Å². The number of aryl methyl sites for hydroxylation is 1. The molecule has 5 nitrogen and oxygen atoms in total. The van der Waals surface area contributed by atoms with E-state index in [1.165, 1.54) is 18.2 Å². The highest BCUT2D eigenvalue weighted by Gasteiger charge is 2.25. The highest BCUT2D eigenvalue weighted by molar-refractivity contribution is 6.33. The van der Waals surface area contributed by atoms with E-state index in [-0.39, 0.29) is 21.8 Å². The van der Waals surface area contributed by atoms with Crippen molar-refractivity contribution in [2.75, 3.05) is 18.4 Å². The van der Waals surface area contributed by atoms with Gasteiger partial charge in [0.2, 0.25) is 0 Å². The minimum Gasteiger partial charge on any atom is -0.384 e. The van der Waals surface area contributed by atoms with Crippen LogP contribution < -0.4 is 10.6 Å². The van der Waals surface area contributed by atoms with Crippen LogP contribution in [-0.2, 0) is 0 Å². The second-order valence-corrected chi connectivity index (χ2v) is 6.89. The van der Waals surface area contributed by atoms with Crippen LogP contribution in [0.15, 0.2) is 47.0 Å². The van der Waals surface area contributed by atoms with E-state index in [4.69, 9.17) is 27.7 Å². The fraction of sp³-hybridized carbons (Fsp3) is 0.200. The molecule has 1 heterocycles. The molecule has 146 valence electrons. The Morgan fingerprint density at radius 2 is 1.86 bits per heavy atom. The number of hydrogen-bond donors (Lipinski definition) is 2. The minimum atomic E-state index is -0.571. The van der Waals surface area contributed by atoms with Gasteiger partial charge in [-0.25, -0.2) is 4.39 Å². The third-order valence-corrected chi connectivity index (χ3v) is 4.76. The Bertz CT molecular complexity index is 971. The molecule has 0 aliphatic carbocycles. The predicted molar refractivity (Wildman–Crippen MR) is 109 cm³/mol. The number of hydrogen-bond acceptors (Lipinski definition) is 4. The summed E-state index contributed by atoms with van der Waals surface area (Å²) in [5.74, 6) is -0.675. The topological polar surface area (TPSA) is 67.2 Å². The van der Waals surface area contributed by atoms with E-state index >= 15 is 0 Å². The van der Waals surface area contributed by atoms with E-state index in [1.807, 2.05) is 18.2 Å². The number of rotatable bonds is 7. The lowest BCUT2D eigenvalue weighted by atomic mass is 10.0. The van der Waals surface area contributed by atoms with Crippen molar-refractivity contribution in [3.8, 4) is 11.3 Å². The van der Waals surface area contributed by atoms with Crippen LogP contribution in [0.4, 0.5) is 10.1 Å². The van der Waals surface area contributed by atoms with Gasteiger partial charge in [-0.3, -0.25) is 4.79 Å². The number of halogens is 3. The second kappa shape index (κ2) is 9.08. The third-order valence-electron chi connectivity index (χ3n) is 4.12. The van der Waals surface area contributed by atoms with E-state index in [1.54, 1.807) is 13.0 Å². The molecule has 28 heavy (non-hydrogen) atoms. The van der Waals surface area contributed by atoms with E-state index in [9.17, 15) is 9.18 Å². The van der Waals surface area contributed by atoms with Gasteiger partial charge in [0.1, 0.15) is 22.8 Å². The number of carbonyl (C=O) groups excluding carboxylic acids is 1. The van der Waals surface area contributed by atoms with Crippen molar-refractivity contribution in [1.29, 1.82) is 0 Å². The average molecular weight is 422 g/mol. The van der Waals surface area contributed by atoms with Crippen LogP contribution in [0.25, 0.3) is 11.3 Å². The van der Waals surface area contributed by atoms with Gasteiger partial charge in [-0.1, -0.05) is 46.6 Å². The van der Waals surface area contributed by atoms with E-state index in [0.29, 0.717) is 30.3 Å². The van der Waals surface area contributed by atoms with Gasteiger partial charge < -0.3 is 15.2 Å². The number of carbonyl (C=O) groups is 1. The molecule has 0 saturated heterocycles. The number of para-hydroxylation sites is 1. The number of nitrogens with zero attached hydrogens (tertiary/aromatic N) is 1. The maximum absolute atomic E-state index is 14.2. The average Bonchev–Trinajstić information content (AvgIpc) is 3.04. The number of nitrogens with one attached hydrogen (secondary N) is 2. The standard InChI is InChI=1S/C20H18Cl2FN3O2/c1-12-17(19(26-28-12)18-14(22)7-4-8-15(18)23)20(27)25-11-5-10-24-16-9-3-2-6-13(16)21/h2-4,6-9,24H,5,10-11H2,1H3,(H,25,27). The molecule has 0 aliphatic rings. The summed E-state index contributed by atoms with van der Waals surface area (Å²) in [5.41, 5.74) is 1.15. The molecular formula is C20H18Cl2FN3O2. The van der Waals surface area contributed by atoms with Crippen molar-refractivity contribution in [1.82, 2.24) is 10.5 Å². The summed E-state index contributed by atoms with van der Waals surface area (Å²) in [6.45, 7) is 2.63. The lowest BCUT2D eigenvalue weighted by Gasteiger charge is -2.09. The molecule has 1 aromatic heterocycles. The normalized spacial score (nSPS) is 10.7. The predicted octanol–water partition coefficient (Wildman–Crippen LogP) is 5.33. The highest BCUT2D eigenvalue weighted by atomic mass is 35.5. The molecule has 3 rings (SSSR count). The van der Waals surface area contributed by atoms with Gasteiger partial charge in [-0.05, 0) is 37.6 Å². The minimum absolute atomic E-state index is 0.0477. The molecule has 0 radical (unpaired) electrons. The molecule has 8 heteroatoms. The first-order valence-corrected chi connectivity index (χ1v) is 9.42. The molecule has 0 spiro atoms. The smallest absolute Gasteiger partial charge is 0.257 e. The fourth-order valence-electron chi connectivity index (χ4n) is 2.74. The molecule has 2 aromatic carbocycles. The Morgan fingerprint density at radius 3 is 2.61 bits per heavy atom. The zero-order chi connectivity index (χ0) is 20.1. The van der Waals surface area contributed by atoms with Gasteiger partial charge in [-0.2, -0.15) is 0 Å². The Balaban J connectivity index is 1.62. The summed E-state index contributed by atoms with van der Waals surface area (Å²) in [7, 11) is 0. The summed E-state index contributed by atoms with van der Waals surface area (Å²) in [6, 6.07) is 11.7. The number of benzene rings is 2. The zero-order valence-corrected chi connectivity index (χ0v) is 16.6. The van der Waals surface area contributed by atoms with Crippen LogP contribution in [0.3, 0.4) is 0 Å². The van der Waals surface area contributed by atoms with Crippen LogP contribution >= 0.6 is 23.2 Å². The third kappa shape index (κ3) is 4.46. The summed E-state index contributed by atoms with van der Waals surface area (Å²) in [6.07, 6.45) is 0.664. The van der Waals surface area contributed by atoms with Crippen LogP contribution in [-0.4, -0.2) is 24.2 Å². The first-order valence-electron chi connectivity index (χ1n) is 8.66. The van der Waals surface area contributed by atoms with Gasteiger partial charge in [0.05, 0.1) is 21.3 Å². The summed E-state index contributed by atoms with van der Waals surface area (Å²) >= 11 is 12.2. The maximum Gasteiger partial charge on any atom is 0.257 e.